The first kappa shape index (κ1) is 11.9. The largest absolute Gasteiger partial charge is 0.464 e. The fourth-order valence-corrected chi connectivity index (χ4v) is 1.94. The molecule has 2 rings (SSSR count). The molecule has 0 bridgehead atoms. The predicted octanol–water partition coefficient (Wildman–Crippen LogP) is 2.82. The zero-order chi connectivity index (χ0) is 12.3. The second-order valence-electron chi connectivity index (χ2n) is 4.10. The molecular formula is C12H15N3OS. The number of nitrogen functional groups attached to an aromatic ring is 1. The quantitative estimate of drug-likeness (QED) is 0.846. The van der Waals surface area contributed by atoms with E-state index in [9.17, 15) is 0 Å². The fraction of sp³-hybridized carbons (Fsp3) is 0.333. The summed E-state index contributed by atoms with van der Waals surface area (Å²) in [6.07, 6.45) is 0. The first-order chi connectivity index (χ1) is 8.15. The zero-order valence-electron chi connectivity index (χ0n) is 9.88. The Morgan fingerprint density at radius 1 is 1.29 bits per heavy atom. The van der Waals surface area contributed by atoms with Crippen molar-refractivity contribution in [2.45, 2.75) is 26.4 Å². The summed E-state index contributed by atoms with van der Waals surface area (Å²) >= 11 is 1.29. The molecule has 90 valence electrons. The molecule has 0 aliphatic carbocycles. The minimum absolute atomic E-state index is 0.333. The number of nitrogens with zero attached hydrogens (tertiary/aromatic N) is 2. The summed E-state index contributed by atoms with van der Waals surface area (Å²) in [6, 6.07) is 7.61. The normalized spacial score (nSPS) is 10.8. The van der Waals surface area contributed by atoms with Crippen LogP contribution in [0.5, 0.6) is 5.19 Å². The van der Waals surface area contributed by atoms with Crippen molar-refractivity contribution in [1.29, 1.82) is 0 Å². The lowest BCUT2D eigenvalue weighted by Crippen LogP contribution is -1.96. The molecule has 0 aliphatic heterocycles. The second kappa shape index (κ2) is 5.14. The molecule has 1 aromatic carbocycles. The molecule has 0 amide bonds. The van der Waals surface area contributed by atoms with E-state index in [0.717, 1.165) is 17.1 Å². The van der Waals surface area contributed by atoms with Gasteiger partial charge in [-0.05, 0) is 17.7 Å². The monoisotopic (exact) mass is 249 g/mol. The number of hydrogen-bond donors (Lipinski definition) is 1. The number of aromatic nitrogens is 2. The van der Waals surface area contributed by atoms with E-state index in [1.54, 1.807) is 0 Å². The zero-order valence-corrected chi connectivity index (χ0v) is 10.7. The number of anilines is 1. The van der Waals surface area contributed by atoms with E-state index in [-0.39, 0.29) is 0 Å². The number of ether oxygens (including phenoxy) is 1. The van der Waals surface area contributed by atoms with E-state index in [4.69, 9.17) is 10.5 Å². The minimum atomic E-state index is 0.333. The van der Waals surface area contributed by atoms with Crippen molar-refractivity contribution in [3.8, 4) is 5.19 Å². The van der Waals surface area contributed by atoms with E-state index in [1.807, 2.05) is 24.3 Å². The summed E-state index contributed by atoms with van der Waals surface area (Å²) in [4.78, 5) is 4.30. The third-order valence-corrected chi connectivity index (χ3v) is 2.93. The fourth-order valence-electron chi connectivity index (χ4n) is 1.27. The van der Waals surface area contributed by atoms with Gasteiger partial charge in [-0.2, -0.15) is 9.36 Å². The molecule has 1 aromatic heterocycles. The van der Waals surface area contributed by atoms with Gasteiger partial charge >= 0.3 is 0 Å². The highest BCUT2D eigenvalue weighted by Gasteiger charge is 2.08. The lowest BCUT2D eigenvalue weighted by atomic mass is 10.2. The Morgan fingerprint density at radius 3 is 2.59 bits per heavy atom. The summed E-state index contributed by atoms with van der Waals surface area (Å²) < 4.78 is 9.79. The molecule has 0 spiro atoms. The highest BCUT2D eigenvalue weighted by atomic mass is 32.1. The summed E-state index contributed by atoms with van der Waals surface area (Å²) in [7, 11) is 0. The van der Waals surface area contributed by atoms with Crippen LogP contribution in [-0.2, 0) is 6.61 Å². The van der Waals surface area contributed by atoms with Gasteiger partial charge in [-0.15, -0.1) is 0 Å². The molecular weight excluding hydrogens is 234 g/mol. The first-order valence-corrected chi connectivity index (χ1v) is 6.23. The number of rotatable bonds is 4. The molecule has 0 saturated carbocycles. The van der Waals surface area contributed by atoms with Crippen LogP contribution in [0.2, 0.25) is 0 Å². The third kappa shape index (κ3) is 3.17. The Bertz CT molecular complexity index is 479. The highest BCUT2D eigenvalue weighted by molar-refractivity contribution is 7.07. The molecule has 0 aliphatic rings. The molecule has 0 unspecified atom stereocenters. The van der Waals surface area contributed by atoms with Crippen LogP contribution in [0.25, 0.3) is 0 Å². The maximum absolute atomic E-state index is 5.61. The van der Waals surface area contributed by atoms with E-state index in [1.165, 1.54) is 11.5 Å². The van der Waals surface area contributed by atoms with E-state index in [2.05, 4.69) is 23.2 Å². The molecule has 0 radical (unpaired) electrons. The van der Waals surface area contributed by atoms with Crippen LogP contribution >= 0.6 is 11.5 Å². The Labute approximate surface area is 105 Å². The summed E-state index contributed by atoms with van der Waals surface area (Å²) in [5.41, 5.74) is 7.44. The van der Waals surface area contributed by atoms with Crippen LogP contribution in [0.15, 0.2) is 24.3 Å². The van der Waals surface area contributed by atoms with Crippen molar-refractivity contribution in [2.75, 3.05) is 5.73 Å². The predicted molar refractivity (Wildman–Crippen MR) is 69.2 cm³/mol. The van der Waals surface area contributed by atoms with E-state index >= 15 is 0 Å². The molecule has 5 heteroatoms. The first-order valence-electron chi connectivity index (χ1n) is 5.46. The van der Waals surface area contributed by atoms with E-state index < -0.39 is 0 Å². The molecule has 2 aromatic rings. The number of hydrogen-bond acceptors (Lipinski definition) is 5. The average Bonchev–Trinajstić information content (AvgIpc) is 2.77. The minimum Gasteiger partial charge on any atom is -0.464 e. The smallest absolute Gasteiger partial charge is 0.293 e. The lowest BCUT2D eigenvalue weighted by Gasteiger charge is -2.02. The van der Waals surface area contributed by atoms with Crippen molar-refractivity contribution >= 4 is 17.2 Å². The van der Waals surface area contributed by atoms with Crippen LogP contribution in [0.3, 0.4) is 0 Å². The van der Waals surface area contributed by atoms with Gasteiger partial charge < -0.3 is 10.5 Å². The van der Waals surface area contributed by atoms with Crippen LogP contribution in [0.4, 0.5) is 5.69 Å². The van der Waals surface area contributed by atoms with Gasteiger partial charge in [0.1, 0.15) is 12.4 Å². The molecule has 0 fully saturated rings. The summed E-state index contributed by atoms with van der Waals surface area (Å²) in [5, 5.41) is 0.616. The van der Waals surface area contributed by atoms with Gasteiger partial charge in [0.2, 0.25) is 0 Å². The van der Waals surface area contributed by atoms with Gasteiger partial charge in [-0.1, -0.05) is 26.0 Å². The standard InChI is InChI=1S/C12H15N3OS/c1-8(2)11-14-12(17-15-11)16-7-9-3-5-10(13)6-4-9/h3-6,8H,7,13H2,1-2H3. The van der Waals surface area contributed by atoms with Crippen LogP contribution in [-0.4, -0.2) is 9.36 Å². The molecule has 0 atom stereocenters. The Morgan fingerprint density at radius 2 is 2.00 bits per heavy atom. The van der Waals surface area contributed by atoms with E-state index in [0.29, 0.717) is 17.7 Å². The van der Waals surface area contributed by atoms with Gasteiger partial charge in [0.25, 0.3) is 5.19 Å². The summed E-state index contributed by atoms with van der Waals surface area (Å²) in [5.74, 6) is 1.17. The molecule has 17 heavy (non-hydrogen) atoms. The lowest BCUT2D eigenvalue weighted by molar-refractivity contribution is 0.303. The maximum Gasteiger partial charge on any atom is 0.293 e. The molecule has 4 nitrogen and oxygen atoms in total. The molecule has 0 saturated heterocycles. The van der Waals surface area contributed by atoms with Gasteiger partial charge in [0.05, 0.1) is 0 Å². The summed E-state index contributed by atoms with van der Waals surface area (Å²) in [6.45, 7) is 4.62. The second-order valence-corrected chi connectivity index (χ2v) is 4.82. The SMILES string of the molecule is CC(C)c1nsc(OCc2ccc(N)cc2)n1. The van der Waals surface area contributed by atoms with Crippen LogP contribution < -0.4 is 10.5 Å². The maximum atomic E-state index is 5.61. The third-order valence-electron chi connectivity index (χ3n) is 2.28. The van der Waals surface area contributed by atoms with Gasteiger partial charge in [-0.25, -0.2) is 0 Å². The molecule has 1 heterocycles. The van der Waals surface area contributed by atoms with Gasteiger partial charge in [0, 0.05) is 23.1 Å². The van der Waals surface area contributed by atoms with Crippen molar-refractivity contribution in [3.05, 3.63) is 35.7 Å². The van der Waals surface area contributed by atoms with Crippen molar-refractivity contribution < 1.29 is 4.74 Å². The van der Waals surface area contributed by atoms with Crippen molar-refractivity contribution in [2.24, 2.45) is 0 Å². The van der Waals surface area contributed by atoms with Crippen molar-refractivity contribution in [1.82, 2.24) is 9.36 Å². The topological polar surface area (TPSA) is 61.0 Å². The Kier molecular flexibility index (Phi) is 3.58. The number of nitrogens with two attached hydrogens (primary N) is 1. The Balaban J connectivity index is 1.95. The average molecular weight is 249 g/mol. The number of benzene rings is 1. The van der Waals surface area contributed by atoms with Crippen molar-refractivity contribution in [3.63, 3.8) is 0 Å². The molecule has 2 N–H and O–H groups in total. The van der Waals surface area contributed by atoms with Gasteiger partial charge in [0.15, 0.2) is 0 Å². The van der Waals surface area contributed by atoms with Gasteiger partial charge in [-0.3, -0.25) is 0 Å². The Hall–Kier alpha value is -1.62. The van der Waals surface area contributed by atoms with Crippen LogP contribution in [0.1, 0.15) is 31.2 Å². The van der Waals surface area contributed by atoms with Crippen LogP contribution in [0, 0.1) is 0 Å². The highest BCUT2D eigenvalue weighted by Crippen LogP contribution is 2.20.